The molecule has 0 aliphatic carbocycles. The first kappa shape index (κ1) is 9.85. The summed E-state index contributed by atoms with van der Waals surface area (Å²) < 4.78 is 3.00. The van der Waals surface area contributed by atoms with Crippen molar-refractivity contribution >= 4 is 11.6 Å². The van der Waals surface area contributed by atoms with Crippen LogP contribution in [0, 0.1) is 0 Å². The van der Waals surface area contributed by atoms with Gasteiger partial charge in [0.1, 0.15) is 5.69 Å². The van der Waals surface area contributed by atoms with Gasteiger partial charge >= 0.3 is 0 Å². The topological polar surface area (TPSA) is 65.6 Å². The summed E-state index contributed by atoms with van der Waals surface area (Å²) in [6, 6.07) is 0. The predicted octanol–water partition coefficient (Wildman–Crippen LogP) is 0.0735. The lowest BCUT2D eigenvalue weighted by Crippen LogP contribution is -2.21. The Balaban J connectivity index is 2.32. The van der Waals surface area contributed by atoms with E-state index in [9.17, 15) is 4.79 Å². The Kier molecular flexibility index (Phi) is 2.51. The molecular formula is C8H8ClN5O. The molecule has 0 atom stereocenters. The molecule has 0 fully saturated rings. The minimum atomic E-state index is -0.329. The Morgan fingerprint density at radius 3 is 3.00 bits per heavy atom. The van der Waals surface area contributed by atoms with Crippen molar-refractivity contribution in [3.8, 4) is 0 Å². The van der Waals surface area contributed by atoms with E-state index in [1.165, 1.54) is 10.8 Å². The largest absolute Gasteiger partial charge is 0.305 e. The molecule has 78 valence electrons. The summed E-state index contributed by atoms with van der Waals surface area (Å²) in [6.45, 7) is 0.342. The SMILES string of the molecule is Cn1cc(Cn2ccnc(Cl)c2=O)nn1. The van der Waals surface area contributed by atoms with Gasteiger partial charge in [0.2, 0.25) is 0 Å². The molecule has 2 rings (SSSR count). The molecule has 0 bridgehead atoms. The average molecular weight is 226 g/mol. The highest BCUT2D eigenvalue weighted by Crippen LogP contribution is 1.97. The summed E-state index contributed by atoms with van der Waals surface area (Å²) in [7, 11) is 1.76. The molecule has 0 N–H and O–H groups in total. The van der Waals surface area contributed by atoms with Crippen LogP contribution >= 0.6 is 11.6 Å². The monoisotopic (exact) mass is 225 g/mol. The van der Waals surface area contributed by atoms with E-state index >= 15 is 0 Å². The second-order valence-corrected chi connectivity index (χ2v) is 3.39. The van der Waals surface area contributed by atoms with E-state index in [2.05, 4.69) is 15.3 Å². The van der Waals surface area contributed by atoms with Crippen LogP contribution in [0.3, 0.4) is 0 Å². The lowest BCUT2D eigenvalue weighted by Gasteiger charge is -2.01. The van der Waals surface area contributed by atoms with Crippen LogP contribution in [0.25, 0.3) is 0 Å². The van der Waals surface area contributed by atoms with E-state index in [1.807, 2.05) is 0 Å². The zero-order valence-electron chi connectivity index (χ0n) is 7.96. The third-order valence-electron chi connectivity index (χ3n) is 1.85. The second-order valence-electron chi connectivity index (χ2n) is 3.03. The second kappa shape index (κ2) is 3.82. The van der Waals surface area contributed by atoms with Gasteiger partial charge in [-0.3, -0.25) is 9.48 Å². The van der Waals surface area contributed by atoms with Crippen molar-refractivity contribution in [3.63, 3.8) is 0 Å². The molecule has 0 aliphatic heterocycles. The normalized spacial score (nSPS) is 10.5. The number of nitrogens with zero attached hydrogens (tertiary/aromatic N) is 5. The van der Waals surface area contributed by atoms with E-state index in [0.29, 0.717) is 12.2 Å². The molecular weight excluding hydrogens is 218 g/mol. The lowest BCUT2D eigenvalue weighted by atomic mass is 10.4. The fourth-order valence-electron chi connectivity index (χ4n) is 1.19. The predicted molar refractivity (Wildman–Crippen MR) is 53.6 cm³/mol. The van der Waals surface area contributed by atoms with Crippen molar-refractivity contribution in [2.45, 2.75) is 6.54 Å². The van der Waals surface area contributed by atoms with E-state index < -0.39 is 0 Å². The summed E-state index contributed by atoms with van der Waals surface area (Å²) in [5.74, 6) is 0. The van der Waals surface area contributed by atoms with Gasteiger partial charge in [0.25, 0.3) is 5.56 Å². The highest BCUT2D eigenvalue weighted by atomic mass is 35.5. The molecule has 2 aromatic heterocycles. The van der Waals surface area contributed by atoms with Gasteiger partial charge in [0, 0.05) is 25.6 Å². The molecule has 0 spiro atoms. The molecule has 0 saturated heterocycles. The molecule has 0 unspecified atom stereocenters. The van der Waals surface area contributed by atoms with Gasteiger partial charge < -0.3 is 4.57 Å². The fourth-order valence-corrected chi connectivity index (χ4v) is 1.35. The van der Waals surface area contributed by atoms with Crippen LogP contribution in [-0.4, -0.2) is 24.5 Å². The first-order chi connectivity index (χ1) is 7.16. The first-order valence-corrected chi connectivity index (χ1v) is 4.61. The Labute approximate surface area is 90.1 Å². The molecule has 0 saturated carbocycles. The van der Waals surface area contributed by atoms with Gasteiger partial charge in [0.15, 0.2) is 5.15 Å². The Hall–Kier alpha value is -1.69. The number of hydrogen-bond donors (Lipinski definition) is 0. The lowest BCUT2D eigenvalue weighted by molar-refractivity contribution is 0.703. The van der Waals surface area contributed by atoms with Crippen LogP contribution in [0.5, 0.6) is 0 Å². The average Bonchev–Trinajstić information content (AvgIpc) is 2.59. The molecule has 0 aliphatic rings. The summed E-state index contributed by atoms with van der Waals surface area (Å²) >= 11 is 5.60. The molecule has 6 nitrogen and oxygen atoms in total. The van der Waals surface area contributed by atoms with Crippen LogP contribution in [0.15, 0.2) is 23.4 Å². The van der Waals surface area contributed by atoms with Crippen LogP contribution in [0.4, 0.5) is 0 Å². The van der Waals surface area contributed by atoms with Crippen molar-refractivity contribution in [2.24, 2.45) is 7.05 Å². The van der Waals surface area contributed by atoms with E-state index in [4.69, 9.17) is 11.6 Å². The van der Waals surface area contributed by atoms with Crippen LogP contribution in [-0.2, 0) is 13.6 Å². The standard InChI is InChI=1S/C8H8ClN5O/c1-13-4-6(11-12-13)5-14-3-2-10-7(9)8(14)15/h2-4H,5H2,1H3. The van der Waals surface area contributed by atoms with Crippen molar-refractivity contribution in [1.29, 1.82) is 0 Å². The van der Waals surface area contributed by atoms with Crippen LogP contribution < -0.4 is 5.56 Å². The zero-order chi connectivity index (χ0) is 10.8. The van der Waals surface area contributed by atoms with Gasteiger partial charge in [-0.15, -0.1) is 5.10 Å². The molecule has 15 heavy (non-hydrogen) atoms. The third kappa shape index (κ3) is 2.04. The molecule has 0 radical (unpaired) electrons. The van der Waals surface area contributed by atoms with Gasteiger partial charge in [0.05, 0.1) is 6.54 Å². The van der Waals surface area contributed by atoms with E-state index in [0.717, 1.165) is 0 Å². The number of halogens is 1. The Bertz CT molecular complexity index is 532. The van der Waals surface area contributed by atoms with Gasteiger partial charge in [-0.05, 0) is 0 Å². The number of hydrogen-bond acceptors (Lipinski definition) is 4. The molecule has 2 heterocycles. The smallest absolute Gasteiger partial charge is 0.288 e. The van der Waals surface area contributed by atoms with Crippen molar-refractivity contribution in [1.82, 2.24) is 24.5 Å². The third-order valence-corrected chi connectivity index (χ3v) is 2.11. The minimum Gasteiger partial charge on any atom is -0.305 e. The van der Waals surface area contributed by atoms with Crippen molar-refractivity contribution in [3.05, 3.63) is 39.8 Å². The number of aromatic nitrogens is 5. The Morgan fingerprint density at radius 2 is 2.33 bits per heavy atom. The summed E-state index contributed by atoms with van der Waals surface area (Å²) in [4.78, 5) is 15.2. The Morgan fingerprint density at radius 1 is 1.53 bits per heavy atom. The maximum atomic E-state index is 11.5. The van der Waals surface area contributed by atoms with Crippen molar-refractivity contribution < 1.29 is 0 Å². The minimum absolute atomic E-state index is 0.0404. The van der Waals surface area contributed by atoms with Crippen LogP contribution in [0.2, 0.25) is 5.15 Å². The maximum Gasteiger partial charge on any atom is 0.288 e. The van der Waals surface area contributed by atoms with E-state index in [1.54, 1.807) is 24.1 Å². The van der Waals surface area contributed by atoms with Crippen molar-refractivity contribution in [2.75, 3.05) is 0 Å². The molecule has 0 aromatic carbocycles. The van der Waals surface area contributed by atoms with Gasteiger partial charge in [-0.2, -0.15) is 0 Å². The quantitative estimate of drug-likeness (QED) is 0.726. The summed E-state index contributed by atoms with van der Waals surface area (Å²) in [6.07, 6.45) is 4.77. The molecule has 2 aromatic rings. The van der Waals surface area contributed by atoms with Gasteiger partial charge in [-0.25, -0.2) is 4.98 Å². The highest BCUT2D eigenvalue weighted by Gasteiger charge is 2.04. The fraction of sp³-hybridized carbons (Fsp3) is 0.250. The first-order valence-electron chi connectivity index (χ1n) is 4.23. The van der Waals surface area contributed by atoms with E-state index in [-0.39, 0.29) is 10.7 Å². The van der Waals surface area contributed by atoms with Crippen LogP contribution in [0.1, 0.15) is 5.69 Å². The molecule has 0 amide bonds. The molecule has 7 heteroatoms. The summed E-state index contributed by atoms with van der Waals surface area (Å²) in [5.41, 5.74) is 0.367. The highest BCUT2D eigenvalue weighted by molar-refractivity contribution is 6.29. The number of rotatable bonds is 2. The summed E-state index contributed by atoms with van der Waals surface area (Å²) in [5, 5.41) is 7.60. The maximum absolute atomic E-state index is 11.5. The van der Waals surface area contributed by atoms with Gasteiger partial charge in [-0.1, -0.05) is 16.8 Å². The zero-order valence-corrected chi connectivity index (χ0v) is 8.72. The number of aryl methyl sites for hydroxylation is 1.